The molecular weight excluding hydrogens is 230 g/mol. The smallest absolute Gasteiger partial charge is 0.326 e. The molecule has 0 saturated heterocycles. The van der Waals surface area contributed by atoms with Crippen LogP contribution in [0.25, 0.3) is 0 Å². The topological polar surface area (TPSA) is 58.6 Å². The highest BCUT2D eigenvalue weighted by Gasteiger charge is 2.51. The summed E-state index contributed by atoms with van der Waals surface area (Å²) in [6.07, 6.45) is 8.19. The number of rotatable bonds is 7. The molecule has 4 heteroatoms. The summed E-state index contributed by atoms with van der Waals surface area (Å²) in [6.45, 7) is 2.96. The molecule has 0 aromatic carbocycles. The lowest BCUT2D eigenvalue weighted by atomic mass is 9.93. The highest BCUT2D eigenvalue weighted by molar-refractivity contribution is 5.80. The first-order chi connectivity index (χ1) is 8.69. The molecule has 0 heterocycles. The van der Waals surface area contributed by atoms with Crippen molar-refractivity contribution in [3.8, 4) is 0 Å². The lowest BCUT2D eigenvalue weighted by Gasteiger charge is -2.33. The van der Waals surface area contributed by atoms with E-state index in [0.717, 1.165) is 25.7 Å². The Morgan fingerprint density at radius 3 is 2.44 bits per heavy atom. The summed E-state index contributed by atoms with van der Waals surface area (Å²) in [6, 6.07) is 0. The molecule has 18 heavy (non-hydrogen) atoms. The van der Waals surface area contributed by atoms with Gasteiger partial charge in [0.05, 0.1) is 12.7 Å². The maximum absolute atomic E-state index is 11.6. The second-order valence-corrected chi connectivity index (χ2v) is 5.65. The molecule has 0 aromatic rings. The molecule has 0 aliphatic heterocycles. The molecule has 0 spiro atoms. The third-order valence-electron chi connectivity index (χ3n) is 4.25. The van der Waals surface area contributed by atoms with Crippen LogP contribution in [0.15, 0.2) is 0 Å². The Morgan fingerprint density at radius 1 is 1.28 bits per heavy atom. The van der Waals surface area contributed by atoms with E-state index in [0.29, 0.717) is 13.2 Å². The average Bonchev–Trinajstić information content (AvgIpc) is 3.20. The lowest BCUT2D eigenvalue weighted by Crippen LogP contribution is -2.58. The number of carboxylic acid groups (broad SMARTS) is 1. The zero-order valence-electron chi connectivity index (χ0n) is 11.3. The largest absolute Gasteiger partial charge is 0.480 e. The second kappa shape index (κ2) is 6.02. The molecule has 104 valence electrons. The Bertz CT molecular complexity index is 285. The first-order valence-electron chi connectivity index (χ1n) is 7.29. The molecule has 0 aromatic heterocycles. The SMILES string of the molecule is CCNC(COC1CCCCC1)(C(=O)O)C1CC1. The van der Waals surface area contributed by atoms with Crippen LogP contribution in [0.1, 0.15) is 51.9 Å². The van der Waals surface area contributed by atoms with Crippen LogP contribution in [0.3, 0.4) is 0 Å². The fourth-order valence-electron chi connectivity index (χ4n) is 3.00. The summed E-state index contributed by atoms with van der Waals surface area (Å²) < 4.78 is 5.92. The monoisotopic (exact) mass is 255 g/mol. The van der Waals surface area contributed by atoms with Crippen molar-refractivity contribution in [2.75, 3.05) is 13.2 Å². The predicted octanol–water partition coefficient (Wildman–Crippen LogP) is 2.18. The summed E-state index contributed by atoms with van der Waals surface area (Å²) >= 11 is 0. The molecule has 4 nitrogen and oxygen atoms in total. The Balaban J connectivity index is 1.93. The van der Waals surface area contributed by atoms with Gasteiger partial charge in [-0.3, -0.25) is 10.1 Å². The molecular formula is C14H25NO3. The van der Waals surface area contributed by atoms with E-state index in [2.05, 4.69) is 5.32 Å². The zero-order chi connectivity index (χ0) is 13.0. The van der Waals surface area contributed by atoms with Crippen molar-refractivity contribution < 1.29 is 14.6 Å². The van der Waals surface area contributed by atoms with Crippen LogP contribution in [0.4, 0.5) is 0 Å². The van der Waals surface area contributed by atoms with Crippen LogP contribution in [-0.4, -0.2) is 35.9 Å². The van der Waals surface area contributed by atoms with Gasteiger partial charge in [-0.25, -0.2) is 0 Å². The number of ether oxygens (including phenoxy) is 1. The molecule has 1 unspecified atom stereocenters. The number of aliphatic carboxylic acids is 1. The lowest BCUT2D eigenvalue weighted by molar-refractivity contribution is -0.150. The maximum atomic E-state index is 11.6. The molecule has 2 aliphatic rings. The maximum Gasteiger partial charge on any atom is 0.326 e. The predicted molar refractivity (Wildman–Crippen MR) is 69.6 cm³/mol. The third kappa shape index (κ3) is 3.04. The molecule has 0 radical (unpaired) electrons. The van der Waals surface area contributed by atoms with E-state index in [4.69, 9.17) is 4.74 Å². The van der Waals surface area contributed by atoms with E-state index in [1.54, 1.807) is 0 Å². The van der Waals surface area contributed by atoms with E-state index in [1.165, 1.54) is 19.3 Å². The molecule has 1 atom stereocenters. The van der Waals surface area contributed by atoms with Gasteiger partial charge in [0.1, 0.15) is 5.54 Å². The van der Waals surface area contributed by atoms with E-state index in [1.807, 2.05) is 6.92 Å². The first kappa shape index (κ1) is 13.8. The van der Waals surface area contributed by atoms with Gasteiger partial charge < -0.3 is 9.84 Å². The molecule has 2 fully saturated rings. The third-order valence-corrected chi connectivity index (χ3v) is 4.25. The van der Waals surface area contributed by atoms with Gasteiger partial charge in [-0.1, -0.05) is 26.2 Å². The molecule has 2 aliphatic carbocycles. The molecule has 2 saturated carbocycles. The number of hydrogen-bond donors (Lipinski definition) is 2. The van der Waals surface area contributed by atoms with Crippen molar-refractivity contribution in [2.24, 2.45) is 5.92 Å². The first-order valence-corrected chi connectivity index (χ1v) is 7.29. The van der Waals surface area contributed by atoms with Gasteiger partial charge in [0.25, 0.3) is 0 Å². The van der Waals surface area contributed by atoms with Crippen molar-refractivity contribution >= 4 is 5.97 Å². The van der Waals surface area contributed by atoms with Crippen LogP contribution in [0.2, 0.25) is 0 Å². The van der Waals surface area contributed by atoms with Gasteiger partial charge >= 0.3 is 5.97 Å². The minimum absolute atomic E-state index is 0.249. The van der Waals surface area contributed by atoms with Crippen LogP contribution in [-0.2, 0) is 9.53 Å². The number of hydrogen-bond acceptors (Lipinski definition) is 3. The fourth-order valence-corrected chi connectivity index (χ4v) is 3.00. The molecule has 2 rings (SSSR count). The van der Waals surface area contributed by atoms with Gasteiger partial charge in [-0.15, -0.1) is 0 Å². The Morgan fingerprint density at radius 2 is 1.94 bits per heavy atom. The molecule has 0 amide bonds. The van der Waals surface area contributed by atoms with E-state index in [9.17, 15) is 9.90 Å². The van der Waals surface area contributed by atoms with E-state index >= 15 is 0 Å². The van der Waals surface area contributed by atoms with Crippen molar-refractivity contribution in [1.82, 2.24) is 5.32 Å². The van der Waals surface area contributed by atoms with Gasteiger partial charge in [-0.2, -0.15) is 0 Å². The molecule has 2 N–H and O–H groups in total. The quantitative estimate of drug-likeness (QED) is 0.732. The van der Waals surface area contributed by atoms with Gasteiger partial charge in [0.2, 0.25) is 0 Å². The number of nitrogens with one attached hydrogen (secondary N) is 1. The fraction of sp³-hybridized carbons (Fsp3) is 0.929. The van der Waals surface area contributed by atoms with Crippen LogP contribution < -0.4 is 5.32 Å². The summed E-state index contributed by atoms with van der Waals surface area (Å²) in [5.41, 5.74) is -0.841. The van der Waals surface area contributed by atoms with Crippen LogP contribution in [0, 0.1) is 5.92 Å². The van der Waals surface area contributed by atoms with Gasteiger partial charge in [0, 0.05) is 0 Å². The highest BCUT2D eigenvalue weighted by atomic mass is 16.5. The Kier molecular flexibility index (Phi) is 4.62. The normalized spacial score (nSPS) is 24.7. The van der Waals surface area contributed by atoms with Gasteiger partial charge in [0.15, 0.2) is 0 Å². The molecule has 0 bridgehead atoms. The Hall–Kier alpha value is -0.610. The highest BCUT2D eigenvalue weighted by Crippen LogP contribution is 2.40. The van der Waals surface area contributed by atoms with E-state index in [-0.39, 0.29) is 12.0 Å². The van der Waals surface area contributed by atoms with Gasteiger partial charge in [-0.05, 0) is 38.1 Å². The second-order valence-electron chi connectivity index (χ2n) is 5.65. The average molecular weight is 255 g/mol. The number of carboxylic acids is 1. The van der Waals surface area contributed by atoms with Crippen molar-refractivity contribution in [1.29, 1.82) is 0 Å². The summed E-state index contributed by atoms with van der Waals surface area (Å²) in [5, 5.41) is 12.7. The Labute approximate surface area is 109 Å². The summed E-state index contributed by atoms with van der Waals surface area (Å²) in [5.74, 6) is -0.499. The summed E-state index contributed by atoms with van der Waals surface area (Å²) in [7, 11) is 0. The summed E-state index contributed by atoms with van der Waals surface area (Å²) in [4.78, 5) is 11.6. The van der Waals surface area contributed by atoms with Crippen molar-refractivity contribution in [3.63, 3.8) is 0 Å². The van der Waals surface area contributed by atoms with Crippen molar-refractivity contribution in [3.05, 3.63) is 0 Å². The van der Waals surface area contributed by atoms with Crippen molar-refractivity contribution in [2.45, 2.75) is 63.5 Å². The minimum Gasteiger partial charge on any atom is -0.480 e. The minimum atomic E-state index is -0.841. The van der Waals surface area contributed by atoms with E-state index < -0.39 is 11.5 Å². The zero-order valence-corrected chi connectivity index (χ0v) is 11.3. The number of likely N-dealkylation sites (N-methyl/N-ethyl adjacent to an activating group) is 1. The number of carbonyl (C=O) groups is 1. The van der Waals surface area contributed by atoms with Crippen LogP contribution >= 0.6 is 0 Å². The standard InChI is InChI=1S/C14H25NO3/c1-2-15-14(13(16)17,11-8-9-11)10-18-12-6-4-3-5-7-12/h11-12,15H,2-10H2,1H3,(H,16,17). The van der Waals surface area contributed by atoms with Crippen LogP contribution in [0.5, 0.6) is 0 Å².